The summed E-state index contributed by atoms with van der Waals surface area (Å²) in [5.74, 6) is -0.256. The molecule has 1 N–H and O–H groups in total. The van der Waals surface area contributed by atoms with Crippen LogP contribution >= 0.6 is 0 Å². The predicted octanol–water partition coefficient (Wildman–Crippen LogP) is 5.20. The normalized spacial score (nSPS) is 12.2. The molecule has 0 saturated carbocycles. The van der Waals surface area contributed by atoms with Crippen molar-refractivity contribution in [1.29, 1.82) is 0 Å². The fourth-order valence-corrected chi connectivity index (χ4v) is 5.14. The van der Waals surface area contributed by atoms with Gasteiger partial charge in [-0.05, 0) is 56.0 Å². The Bertz CT molecular complexity index is 1620. The maximum Gasteiger partial charge on any atom is 0.291 e. The molecule has 1 amide bonds. The Morgan fingerprint density at radius 1 is 0.944 bits per heavy atom. The monoisotopic (exact) mass is 478 g/mol. The lowest BCUT2D eigenvalue weighted by atomic mass is 10.00. The van der Waals surface area contributed by atoms with Crippen molar-refractivity contribution in [2.24, 2.45) is 0 Å². The minimum Gasteiger partial charge on any atom is -0.348 e. The van der Waals surface area contributed by atoms with E-state index < -0.39 is 0 Å². The molecule has 1 atom stereocenters. The van der Waals surface area contributed by atoms with Gasteiger partial charge in [-0.2, -0.15) is 5.10 Å². The van der Waals surface area contributed by atoms with Crippen molar-refractivity contribution in [1.82, 2.24) is 19.7 Å². The Kier molecular flexibility index (Phi) is 6.18. The molecule has 3 aromatic carbocycles. The highest BCUT2D eigenvalue weighted by molar-refractivity contribution is 6.07. The molecule has 0 aliphatic carbocycles. The number of rotatable bonds is 6. The van der Waals surface area contributed by atoms with Crippen molar-refractivity contribution >= 4 is 27.7 Å². The van der Waals surface area contributed by atoms with Gasteiger partial charge in [0.2, 0.25) is 5.91 Å². The molecular weight excluding hydrogens is 448 g/mol. The number of para-hydroxylation sites is 1. The highest BCUT2D eigenvalue weighted by Crippen LogP contribution is 2.28. The highest BCUT2D eigenvalue weighted by atomic mass is 16.2. The molecule has 0 spiro atoms. The van der Waals surface area contributed by atoms with Crippen molar-refractivity contribution in [3.05, 3.63) is 111 Å². The Balaban J connectivity index is 1.55. The van der Waals surface area contributed by atoms with E-state index >= 15 is 0 Å². The second kappa shape index (κ2) is 9.46. The number of hydrogen-bond acceptors (Lipinski definition) is 3. The smallest absolute Gasteiger partial charge is 0.291 e. The zero-order valence-electron chi connectivity index (χ0n) is 21.1. The van der Waals surface area contributed by atoms with Gasteiger partial charge in [-0.1, -0.05) is 66.2 Å². The molecule has 0 unspecified atom stereocenters. The second-order valence-electron chi connectivity index (χ2n) is 9.55. The van der Waals surface area contributed by atoms with E-state index in [0.29, 0.717) is 12.1 Å². The summed E-state index contributed by atoms with van der Waals surface area (Å²) in [5.41, 5.74) is 7.09. The molecule has 0 aliphatic rings. The van der Waals surface area contributed by atoms with Gasteiger partial charge in [0.25, 0.3) is 5.56 Å². The quantitative estimate of drug-likeness (QED) is 0.365. The fourth-order valence-electron chi connectivity index (χ4n) is 5.14. The lowest BCUT2D eigenvalue weighted by molar-refractivity contribution is -0.122. The number of carbonyl (C=O) groups excluding carboxylic acids is 1. The molecule has 5 rings (SSSR count). The largest absolute Gasteiger partial charge is 0.348 e. The van der Waals surface area contributed by atoms with E-state index in [2.05, 4.69) is 47.9 Å². The average molecular weight is 479 g/mol. The van der Waals surface area contributed by atoms with Gasteiger partial charge >= 0.3 is 0 Å². The third kappa shape index (κ3) is 4.31. The van der Waals surface area contributed by atoms with Crippen molar-refractivity contribution < 1.29 is 4.79 Å². The number of nitrogens with zero attached hydrogens (tertiary/aromatic N) is 3. The fraction of sp³-hybridized carbons (Fsp3) is 0.233. The molecule has 0 aliphatic heterocycles. The van der Waals surface area contributed by atoms with E-state index in [1.807, 2.05) is 61.5 Å². The van der Waals surface area contributed by atoms with Crippen LogP contribution in [0.5, 0.6) is 0 Å². The molecule has 0 fully saturated rings. The van der Waals surface area contributed by atoms with Crippen molar-refractivity contribution in [3.8, 4) is 0 Å². The van der Waals surface area contributed by atoms with E-state index in [0.717, 1.165) is 21.9 Å². The van der Waals surface area contributed by atoms with Gasteiger partial charge in [0, 0.05) is 22.8 Å². The van der Waals surface area contributed by atoms with E-state index in [4.69, 9.17) is 0 Å². The van der Waals surface area contributed by atoms with E-state index in [9.17, 15) is 9.59 Å². The van der Waals surface area contributed by atoms with Crippen LogP contribution in [0.25, 0.3) is 21.8 Å². The van der Waals surface area contributed by atoms with E-state index in [1.165, 1.54) is 26.9 Å². The average Bonchev–Trinajstić information content (AvgIpc) is 3.17. The van der Waals surface area contributed by atoms with Gasteiger partial charge in [-0.3, -0.25) is 9.59 Å². The van der Waals surface area contributed by atoms with E-state index in [1.54, 1.807) is 6.20 Å². The lowest BCUT2D eigenvalue weighted by Crippen LogP contribution is -2.35. The first kappa shape index (κ1) is 23.5. The maximum atomic E-state index is 13.7. The number of nitrogens with one attached hydrogen (secondary N) is 1. The predicted molar refractivity (Wildman–Crippen MR) is 144 cm³/mol. The van der Waals surface area contributed by atoms with Crippen LogP contribution in [0.1, 0.15) is 40.8 Å². The molecule has 6 nitrogen and oxygen atoms in total. The molecule has 6 heteroatoms. The van der Waals surface area contributed by atoms with Crippen molar-refractivity contribution in [2.45, 2.75) is 46.8 Å². The number of amides is 1. The summed E-state index contributed by atoms with van der Waals surface area (Å²) in [7, 11) is 0. The number of hydrogen-bond donors (Lipinski definition) is 1. The molecule has 0 bridgehead atoms. The topological polar surface area (TPSA) is 68.9 Å². The molecular formula is C30H30N4O2. The Morgan fingerprint density at radius 3 is 2.33 bits per heavy atom. The standard InChI is InChI=1S/C30H30N4O2/c1-19-14-20(2)26(21(3)15-19)17-33-27-13-9-8-12-24(27)25-16-31-34(30(36)29(25)33)18-28(35)32-22(4)23-10-6-5-7-11-23/h5-16,22H,17-18H2,1-4H3,(H,32,35)/t22-/m1/s1. The number of aryl methyl sites for hydroxylation is 3. The van der Waals surface area contributed by atoms with Crippen LogP contribution in [0.3, 0.4) is 0 Å². The first-order chi connectivity index (χ1) is 17.3. The molecule has 0 radical (unpaired) electrons. The summed E-state index contributed by atoms with van der Waals surface area (Å²) >= 11 is 0. The summed E-state index contributed by atoms with van der Waals surface area (Å²) in [6, 6.07) is 21.9. The molecule has 182 valence electrons. The Morgan fingerprint density at radius 2 is 1.61 bits per heavy atom. The van der Waals surface area contributed by atoms with Crippen LogP contribution in [0, 0.1) is 20.8 Å². The van der Waals surface area contributed by atoms with Gasteiger partial charge in [0.1, 0.15) is 12.1 Å². The number of benzene rings is 3. The molecule has 2 heterocycles. The minimum absolute atomic E-state index is 0.143. The first-order valence-electron chi connectivity index (χ1n) is 12.2. The van der Waals surface area contributed by atoms with Crippen LogP contribution < -0.4 is 10.9 Å². The number of aromatic nitrogens is 3. The third-order valence-corrected chi connectivity index (χ3v) is 6.90. The lowest BCUT2D eigenvalue weighted by Gasteiger charge is -2.15. The summed E-state index contributed by atoms with van der Waals surface area (Å²) in [6.45, 7) is 8.67. The van der Waals surface area contributed by atoms with Crippen LogP contribution in [0.15, 0.2) is 77.7 Å². The van der Waals surface area contributed by atoms with Gasteiger partial charge in [-0.15, -0.1) is 0 Å². The summed E-state index contributed by atoms with van der Waals surface area (Å²) in [6.07, 6.45) is 1.71. The summed E-state index contributed by atoms with van der Waals surface area (Å²) in [5, 5.41) is 9.13. The van der Waals surface area contributed by atoms with E-state index in [-0.39, 0.29) is 24.1 Å². The number of fused-ring (bicyclic) bond motifs is 3. The first-order valence-corrected chi connectivity index (χ1v) is 12.2. The van der Waals surface area contributed by atoms with Gasteiger partial charge < -0.3 is 9.88 Å². The molecule has 0 saturated heterocycles. The van der Waals surface area contributed by atoms with Crippen LogP contribution in [0.4, 0.5) is 0 Å². The molecule has 5 aromatic rings. The number of carbonyl (C=O) groups is 1. The zero-order chi connectivity index (χ0) is 25.4. The van der Waals surface area contributed by atoms with Gasteiger partial charge in [-0.25, -0.2) is 4.68 Å². The molecule has 36 heavy (non-hydrogen) atoms. The third-order valence-electron chi connectivity index (χ3n) is 6.90. The highest BCUT2D eigenvalue weighted by Gasteiger charge is 2.19. The summed E-state index contributed by atoms with van der Waals surface area (Å²) < 4.78 is 3.33. The van der Waals surface area contributed by atoms with Gasteiger partial charge in [0.05, 0.1) is 12.2 Å². The van der Waals surface area contributed by atoms with Gasteiger partial charge in [0.15, 0.2) is 0 Å². The van der Waals surface area contributed by atoms with Crippen LogP contribution in [-0.2, 0) is 17.9 Å². The molecule has 2 aromatic heterocycles. The summed E-state index contributed by atoms with van der Waals surface area (Å²) in [4.78, 5) is 26.6. The minimum atomic E-state index is -0.270. The SMILES string of the molecule is Cc1cc(C)c(Cn2c3ccccc3c3cnn(CC(=O)N[C@H](C)c4ccccc4)c(=O)c32)c(C)c1. The van der Waals surface area contributed by atoms with Crippen LogP contribution in [-0.4, -0.2) is 20.3 Å². The van der Waals surface area contributed by atoms with Crippen molar-refractivity contribution in [3.63, 3.8) is 0 Å². The van der Waals surface area contributed by atoms with Crippen molar-refractivity contribution in [2.75, 3.05) is 0 Å². The second-order valence-corrected chi connectivity index (χ2v) is 9.55. The van der Waals surface area contributed by atoms with Crippen LogP contribution in [0.2, 0.25) is 0 Å². The Labute approximate surface area is 210 Å². The Hall–Kier alpha value is -4.19. The zero-order valence-corrected chi connectivity index (χ0v) is 21.1. The maximum absolute atomic E-state index is 13.7.